The predicted molar refractivity (Wildman–Crippen MR) is 43.1 cm³/mol. The molecule has 0 unspecified atom stereocenters. The summed E-state index contributed by atoms with van der Waals surface area (Å²) in [7, 11) is 0.496. The van der Waals surface area contributed by atoms with Crippen LogP contribution in [0.4, 0.5) is 0 Å². The number of hydrogen-bond donors (Lipinski definition) is 1. The van der Waals surface area contributed by atoms with Crippen molar-refractivity contribution in [3.05, 3.63) is 0 Å². The molecule has 1 aliphatic rings. The second kappa shape index (κ2) is 2.77. The second-order valence-electron chi connectivity index (χ2n) is 2.84. The van der Waals surface area contributed by atoms with Crippen LogP contribution in [0.3, 0.4) is 0 Å². The van der Waals surface area contributed by atoms with E-state index in [1.807, 2.05) is 0 Å². The van der Waals surface area contributed by atoms with Gasteiger partial charge in [0.1, 0.15) is 0 Å². The van der Waals surface area contributed by atoms with Crippen molar-refractivity contribution in [3.8, 4) is 0 Å². The van der Waals surface area contributed by atoms with Crippen LogP contribution in [0.25, 0.3) is 0 Å². The first-order valence-corrected chi connectivity index (χ1v) is 5.33. The van der Waals surface area contributed by atoms with E-state index in [0.717, 1.165) is 5.25 Å². The first kappa shape index (κ1) is 6.47. The summed E-state index contributed by atoms with van der Waals surface area (Å²) in [6.07, 6.45) is 3.04. The summed E-state index contributed by atoms with van der Waals surface area (Å²) < 4.78 is 0. The minimum Gasteiger partial charge on any atom is -0.251 e. The molecule has 1 aliphatic heterocycles. The van der Waals surface area contributed by atoms with Crippen LogP contribution in [0.5, 0.6) is 0 Å². The summed E-state index contributed by atoms with van der Waals surface area (Å²) in [5.41, 5.74) is 0. The van der Waals surface area contributed by atoms with Crippen molar-refractivity contribution in [2.45, 2.75) is 31.9 Å². The molecule has 0 N–H and O–H groups in total. The summed E-state index contributed by atoms with van der Waals surface area (Å²) in [5, 5.41) is 1.01. The van der Waals surface area contributed by atoms with E-state index in [-0.39, 0.29) is 0 Å². The van der Waals surface area contributed by atoms with E-state index in [1.165, 1.54) is 12.8 Å². The van der Waals surface area contributed by atoms with Crippen LogP contribution in [0.1, 0.15) is 26.7 Å². The maximum absolute atomic E-state index is 2.37. The Morgan fingerprint density at radius 1 is 1.12 bits per heavy atom. The summed E-state index contributed by atoms with van der Waals surface area (Å²) in [6, 6.07) is 0. The molecule has 1 rings (SSSR count). The lowest BCUT2D eigenvalue weighted by Crippen LogP contribution is -1.97. The lowest BCUT2D eigenvalue weighted by Gasteiger charge is -2.17. The molecule has 0 nitrogen and oxygen atoms in total. The third-order valence-electron chi connectivity index (χ3n) is 1.87. The van der Waals surface area contributed by atoms with Gasteiger partial charge in [-0.3, -0.25) is 10.9 Å². The minimum absolute atomic E-state index is 0.496. The van der Waals surface area contributed by atoms with Crippen molar-refractivity contribution >= 4 is 10.9 Å². The van der Waals surface area contributed by atoms with Crippen LogP contribution in [-0.4, -0.2) is 16.8 Å². The molecule has 8 heavy (non-hydrogen) atoms. The molecule has 0 spiro atoms. The van der Waals surface area contributed by atoms with E-state index in [2.05, 4.69) is 13.8 Å². The van der Waals surface area contributed by atoms with E-state index in [0.29, 0.717) is 10.9 Å². The second-order valence-corrected chi connectivity index (χ2v) is 5.94. The maximum atomic E-state index is 2.37. The van der Waals surface area contributed by atoms with Crippen LogP contribution in [0.2, 0.25) is 0 Å². The van der Waals surface area contributed by atoms with Crippen LogP contribution in [-0.2, 0) is 0 Å². The molecule has 1 fully saturated rings. The first-order valence-electron chi connectivity index (χ1n) is 3.55. The molecule has 0 amide bonds. The molecule has 0 aliphatic carbocycles. The minimum atomic E-state index is 0.496. The average Bonchev–Trinajstić information content (AvgIpc) is 2.12. The van der Waals surface area contributed by atoms with Crippen molar-refractivity contribution in [3.63, 3.8) is 0 Å². The highest BCUT2D eigenvalue weighted by molar-refractivity contribution is 8.17. The van der Waals surface area contributed by atoms with Gasteiger partial charge in [0.05, 0.1) is 0 Å². The molecule has 0 radical (unpaired) electrons. The van der Waals surface area contributed by atoms with Crippen molar-refractivity contribution in [2.75, 3.05) is 11.5 Å². The van der Waals surface area contributed by atoms with E-state index in [9.17, 15) is 0 Å². The largest absolute Gasteiger partial charge is 0.251 e. The Balaban J connectivity index is 2.24. The van der Waals surface area contributed by atoms with Crippen LogP contribution in [0.15, 0.2) is 0 Å². The lowest BCUT2D eigenvalue weighted by atomic mass is 10.4. The number of rotatable bonds is 1. The zero-order valence-corrected chi connectivity index (χ0v) is 6.75. The number of hydrogen-bond acceptors (Lipinski definition) is 0. The normalized spacial score (nSPS) is 25.1. The molecule has 0 atom stereocenters. The van der Waals surface area contributed by atoms with E-state index >= 15 is 0 Å². The van der Waals surface area contributed by atoms with Gasteiger partial charge in [-0.05, 0) is 29.6 Å². The van der Waals surface area contributed by atoms with Crippen molar-refractivity contribution < 1.29 is 0 Å². The molecular formula is C7H16S. The Morgan fingerprint density at radius 2 is 1.62 bits per heavy atom. The van der Waals surface area contributed by atoms with Gasteiger partial charge in [0, 0.05) is 0 Å². The topological polar surface area (TPSA) is 0 Å². The quantitative estimate of drug-likeness (QED) is 0.519. The number of thiol groups is 1. The summed E-state index contributed by atoms with van der Waals surface area (Å²) in [6.45, 7) is 4.74. The predicted octanol–water partition coefficient (Wildman–Crippen LogP) is 2.19. The SMILES string of the molecule is CC(C)[SH]1CCCC1. The van der Waals surface area contributed by atoms with Crippen molar-refractivity contribution in [1.29, 1.82) is 0 Å². The average molecular weight is 132 g/mol. The Kier molecular flexibility index (Phi) is 2.24. The fourth-order valence-corrected chi connectivity index (χ4v) is 3.77. The van der Waals surface area contributed by atoms with E-state index < -0.39 is 0 Å². The molecule has 1 saturated heterocycles. The lowest BCUT2D eigenvalue weighted by molar-refractivity contribution is 0.949. The third kappa shape index (κ3) is 1.41. The van der Waals surface area contributed by atoms with Gasteiger partial charge in [0.2, 0.25) is 0 Å². The smallest absolute Gasteiger partial charge is 0.0193 e. The van der Waals surface area contributed by atoms with Crippen LogP contribution >= 0.6 is 10.9 Å². The Labute approximate surface area is 55.0 Å². The zero-order valence-electron chi connectivity index (χ0n) is 5.85. The molecule has 1 heterocycles. The van der Waals surface area contributed by atoms with Crippen molar-refractivity contribution in [1.82, 2.24) is 0 Å². The van der Waals surface area contributed by atoms with Gasteiger partial charge in [-0.2, -0.15) is 0 Å². The summed E-state index contributed by atoms with van der Waals surface area (Å²) in [5.74, 6) is 3.12. The van der Waals surface area contributed by atoms with Gasteiger partial charge in [0.15, 0.2) is 0 Å². The third-order valence-corrected chi connectivity index (χ3v) is 5.11. The van der Waals surface area contributed by atoms with Gasteiger partial charge in [-0.1, -0.05) is 13.8 Å². The molecule has 0 aromatic rings. The fraction of sp³-hybridized carbons (Fsp3) is 1.00. The molecule has 0 aromatic carbocycles. The Bertz CT molecular complexity index is 62.8. The van der Waals surface area contributed by atoms with Gasteiger partial charge in [-0.15, -0.1) is 0 Å². The highest BCUT2D eigenvalue weighted by Gasteiger charge is 2.12. The molecule has 0 bridgehead atoms. The van der Waals surface area contributed by atoms with Crippen molar-refractivity contribution in [2.24, 2.45) is 0 Å². The van der Waals surface area contributed by atoms with Crippen LogP contribution < -0.4 is 0 Å². The Hall–Kier alpha value is 0.350. The fourth-order valence-electron chi connectivity index (χ4n) is 1.26. The van der Waals surface area contributed by atoms with Gasteiger partial charge in [-0.25, -0.2) is 0 Å². The highest BCUT2D eigenvalue weighted by Crippen LogP contribution is 2.38. The summed E-state index contributed by atoms with van der Waals surface area (Å²) in [4.78, 5) is 0. The van der Waals surface area contributed by atoms with Gasteiger partial charge in [0.25, 0.3) is 0 Å². The monoisotopic (exact) mass is 132 g/mol. The van der Waals surface area contributed by atoms with Crippen LogP contribution in [0, 0.1) is 0 Å². The molecule has 50 valence electrons. The molecule has 0 saturated carbocycles. The zero-order chi connectivity index (χ0) is 5.98. The molecule has 0 aromatic heterocycles. The first-order chi connectivity index (χ1) is 3.80. The molecular weight excluding hydrogens is 116 g/mol. The molecule has 1 heteroatoms. The Morgan fingerprint density at radius 3 is 1.88 bits per heavy atom. The maximum Gasteiger partial charge on any atom is -0.0193 e. The summed E-state index contributed by atoms with van der Waals surface area (Å²) >= 11 is 0. The highest BCUT2D eigenvalue weighted by atomic mass is 32.2. The standard InChI is InChI=1S/C7H16S/c1-7(2)8-5-3-4-6-8/h7-8H,3-6H2,1-2H3. The van der Waals surface area contributed by atoms with E-state index in [1.54, 1.807) is 11.5 Å². The van der Waals surface area contributed by atoms with Gasteiger partial charge < -0.3 is 0 Å². The van der Waals surface area contributed by atoms with Gasteiger partial charge >= 0.3 is 0 Å². The van der Waals surface area contributed by atoms with E-state index in [4.69, 9.17) is 0 Å².